The standard InChI is InChI=1S/C11H13NO2/c1-7-2-3-9-8(6-7)4-5-12-10(9)11(13)14/h4-5,7H,2-3,6H2,1H3,(H,13,14). The SMILES string of the molecule is CC1CCc2c(ccnc2C(=O)O)C1. The molecule has 1 aromatic rings. The second kappa shape index (κ2) is 3.40. The Morgan fingerprint density at radius 2 is 2.43 bits per heavy atom. The predicted molar refractivity (Wildman–Crippen MR) is 52.4 cm³/mol. The lowest BCUT2D eigenvalue weighted by molar-refractivity contribution is 0.0688. The van der Waals surface area contributed by atoms with Crippen LogP contribution in [0.3, 0.4) is 0 Å². The Balaban J connectivity index is 2.46. The average molecular weight is 191 g/mol. The maximum Gasteiger partial charge on any atom is 0.354 e. The number of hydrogen-bond acceptors (Lipinski definition) is 2. The number of aromatic carboxylic acids is 1. The van der Waals surface area contributed by atoms with E-state index in [4.69, 9.17) is 5.11 Å². The molecule has 0 aromatic carbocycles. The zero-order chi connectivity index (χ0) is 10.1. The molecular formula is C11H13NO2. The molecule has 1 atom stereocenters. The van der Waals surface area contributed by atoms with Gasteiger partial charge >= 0.3 is 5.97 Å². The largest absolute Gasteiger partial charge is 0.477 e. The second-order valence-corrected chi connectivity index (χ2v) is 3.95. The van der Waals surface area contributed by atoms with Crippen molar-refractivity contribution < 1.29 is 9.90 Å². The van der Waals surface area contributed by atoms with E-state index in [2.05, 4.69) is 11.9 Å². The molecule has 0 spiro atoms. The number of rotatable bonds is 1. The Morgan fingerprint density at radius 3 is 3.14 bits per heavy atom. The van der Waals surface area contributed by atoms with Crippen molar-refractivity contribution in [2.45, 2.75) is 26.2 Å². The summed E-state index contributed by atoms with van der Waals surface area (Å²) in [5, 5.41) is 8.94. The smallest absolute Gasteiger partial charge is 0.354 e. The first-order chi connectivity index (χ1) is 6.68. The number of nitrogens with zero attached hydrogens (tertiary/aromatic N) is 1. The number of fused-ring (bicyclic) bond motifs is 1. The van der Waals surface area contributed by atoms with Crippen LogP contribution in [0.4, 0.5) is 0 Å². The van der Waals surface area contributed by atoms with Gasteiger partial charge in [0.1, 0.15) is 0 Å². The van der Waals surface area contributed by atoms with Crippen LogP contribution in [0.5, 0.6) is 0 Å². The van der Waals surface area contributed by atoms with Crippen molar-refractivity contribution in [3.8, 4) is 0 Å². The van der Waals surface area contributed by atoms with Crippen molar-refractivity contribution in [2.24, 2.45) is 5.92 Å². The summed E-state index contributed by atoms with van der Waals surface area (Å²) in [5.74, 6) is -0.247. The van der Waals surface area contributed by atoms with Crippen LogP contribution in [0.15, 0.2) is 12.3 Å². The summed E-state index contributed by atoms with van der Waals surface area (Å²) in [6.07, 6.45) is 4.50. The Bertz CT molecular complexity index is 374. The molecule has 74 valence electrons. The molecule has 0 amide bonds. The predicted octanol–water partition coefficient (Wildman–Crippen LogP) is 1.90. The van der Waals surface area contributed by atoms with Crippen molar-refractivity contribution >= 4 is 5.97 Å². The van der Waals surface area contributed by atoms with Gasteiger partial charge in [-0.25, -0.2) is 9.78 Å². The Kier molecular flexibility index (Phi) is 2.23. The second-order valence-electron chi connectivity index (χ2n) is 3.95. The summed E-state index contributed by atoms with van der Waals surface area (Å²) in [7, 11) is 0. The van der Waals surface area contributed by atoms with Gasteiger partial charge in [-0.2, -0.15) is 0 Å². The maximum atomic E-state index is 10.9. The summed E-state index contributed by atoms with van der Waals surface area (Å²) >= 11 is 0. The molecule has 0 bridgehead atoms. The summed E-state index contributed by atoms with van der Waals surface area (Å²) in [4.78, 5) is 14.8. The fraction of sp³-hybridized carbons (Fsp3) is 0.455. The van der Waals surface area contributed by atoms with Crippen molar-refractivity contribution in [2.75, 3.05) is 0 Å². The van der Waals surface area contributed by atoms with Gasteiger partial charge in [0, 0.05) is 6.20 Å². The first kappa shape index (κ1) is 9.19. The van der Waals surface area contributed by atoms with Crippen LogP contribution in [0.1, 0.15) is 35.0 Å². The van der Waals surface area contributed by atoms with Gasteiger partial charge in [0.25, 0.3) is 0 Å². The number of hydrogen-bond donors (Lipinski definition) is 1. The average Bonchev–Trinajstić information content (AvgIpc) is 2.16. The number of aromatic nitrogens is 1. The van der Waals surface area contributed by atoms with E-state index in [9.17, 15) is 4.79 Å². The molecule has 1 aliphatic rings. The molecule has 1 heterocycles. The summed E-state index contributed by atoms with van der Waals surface area (Å²) in [6, 6.07) is 1.94. The van der Waals surface area contributed by atoms with E-state index in [0.29, 0.717) is 5.92 Å². The van der Waals surface area contributed by atoms with Crippen LogP contribution < -0.4 is 0 Å². The highest BCUT2D eigenvalue weighted by molar-refractivity contribution is 5.87. The van der Waals surface area contributed by atoms with Gasteiger partial charge in [0.2, 0.25) is 0 Å². The quantitative estimate of drug-likeness (QED) is 0.737. The zero-order valence-corrected chi connectivity index (χ0v) is 8.16. The van der Waals surface area contributed by atoms with Gasteiger partial charge in [-0.15, -0.1) is 0 Å². The first-order valence-corrected chi connectivity index (χ1v) is 4.88. The van der Waals surface area contributed by atoms with Gasteiger partial charge in [-0.3, -0.25) is 0 Å². The van der Waals surface area contributed by atoms with Gasteiger partial charge in [0.15, 0.2) is 5.69 Å². The molecule has 3 nitrogen and oxygen atoms in total. The van der Waals surface area contributed by atoms with Gasteiger partial charge in [-0.1, -0.05) is 6.92 Å². The number of carboxylic acid groups (broad SMARTS) is 1. The third kappa shape index (κ3) is 1.50. The number of pyridine rings is 1. The highest BCUT2D eigenvalue weighted by Gasteiger charge is 2.21. The van der Waals surface area contributed by atoms with E-state index >= 15 is 0 Å². The molecule has 0 fully saturated rings. The molecule has 0 saturated carbocycles. The van der Waals surface area contributed by atoms with Gasteiger partial charge < -0.3 is 5.11 Å². The lowest BCUT2D eigenvalue weighted by Gasteiger charge is -2.21. The summed E-state index contributed by atoms with van der Waals surface area (Å²) < 4.78 is 0. The Hall–Kier alpha value is -1.38. The van der Waals surface area contributed by atoms with E-state index in [1.165, 1.54) is 0 Å². The van der Waals surface area contributed by atoms with Crippen LogP contribution in [-0.2, 0) is 12.8 Å². The number of carboxylic acids is 1. The Morgan fingerprint density at radius 1 is 1.64 bits per heavy atom. The normalized spacial score (nSPS) is 20.2. The summed E-state index contributed by atoms with van der Waals surface area (Å²) in [5.41, 5.74) is 2.35. The zero-order valence-electron chi connectivity index (χ0n) is 8.16. The van der Waals surface area contributed by atoms with Crippen molar-refractivity contribution in [1.29, 1.82) is 0 Å². The first-order valence-electron chi connectivity index (χ1n) is 4.88. The highest BCUT2D eigenvalue weighted by Crippen LogP contribution is 2.26. The van der Waals surface area contributed by atoms with Crippen molar-refractivity contribution in [3.05, 3.63) is 29.1 Å². The minimum atomic E-state index is -0.906. The minimum absolute atomic E-state index is 0.245. The third-order valence-electron chi connectivity index (χ3n) is 2.81. The molecule has 0 aliphatic heterocycles. The molecule has 1 N–H and O–H groups in total. The molecule has 3 heteroatoms. The summed E-state index contributed by atoms with van der Waals surface area (Å²) in [6.45, 7) is 2.20. The topological polar surface area (TPSA) is 50.2 Å². The fourth-order valence-corrected chi connectivity index (χ4v) is 2.06. The van der Waals surface area contributed by atoms with E-state index in [-0.39, 0.29) is 5.69 Å². The van der Waals surface area contributed by atoms with Crippen LogP contribution in [0.25, 0.3) is 0 Å². The van der Waals surface area contributed by atoms with E-state index in [1.807, 2.05) is 6.07 Å². The monoisotopic (exact) mass is 191 g/mol. The molecule has 2 rings (SSSR count). The molecular weight excluding hydrogens is 178 g/mol. The van der Waals surface area contributed by atoms with Crippen molar-refractivity contribution in [3.63, 3.8) is 0 Å². The van der Waals surface area contributed by atoms with Crippen LogP contribution in [0.2, 0.25) is 0 Å². The van der Waals surface area contributed by atoms with Crippen LogP contribution in [-0.4, -0.2) is 16.1 Å². The van der Waals surface area contributed by atoms with E-state index in [0.717, 1.165) is 30.4 Å². The lowest BCUT2D eigenvalue weighted by atomic mass is 9.84. The van der Waals surface area contributed by atoms with Gasteiger partial charge in [0.05, 0.1) is 0 Å². The van der Waals surface area contributed by atoms with E-state index in [1.54, 1.807) is 6.20 Å². The molecule has 0 radical (unpaired) electrons. The Labute approximate surface area is 82.8 Å². The van der Waals surface area contributed by atoms with E-state index < -0.39 is 5.97 Å². The fourth-order valence-electron chi connectivity index (χ4n) is 2.06. The van der Waals surface area contributed by atoms with Crippen LogP contribution in [0, 0.1) is 5.92 Å². The molecule has 1 unspecified atom stereocenters. The number of carbonyl (C=O) groups is 1. The van der Waals surface area contributed by atoms with Crippen LogP contribution >= 0.6 is 0 Å². The molecule has 1 aliphatic carbocycles. The molecule has 14 heavy (non-hydrogen) atoms. The maximum absolute atomic E-state index is 10.9. The third-order valence-corrected chi connectivity index (χ3v) is 2.81. The lowest BCUT2D eigenvalue weighted by Crippen LogP contribution is -2.16. The van der Waals surface area contributed by atoms with Crippen molar-refractivity contribution in [1.82, 2.24) is 4.98 Å². The highest BCUT2D eigenvalue weighted by atomic mass is 16.4. The molecule has 0 saturated heterocycles. The molecule has 1 aromatic heterocycles. The van der Waals surface area contributed by atoms with Gasteiger partial charge in [-0.05, 0) is 42.4 Å². The minimum Gasteiger partial charge on any atom is -0.477 e.